The third-order valence-electron chi connectivity index (χ3n) is 8.00. The number of fused-ring (bicyclic) bond motifs is 2. The maximum absolute atomic E-state index is 13.4. The van der Waals surface area contributed by atoms with Crippen LogP contribution in [0.25, 0.3) is 17.0 Å². The summed E-state index contributed by atoms with van der Waals surface area (Å²) in [5.74, 6) is 0.317. The first-order chi connectivity index (χ1) is 17.7. The summed E-state index contributed by atoms with van der Waals surface area (Å²) in [5.41, 5.74) is 6.28. The molecule has 192 valence electrons. The summed E-state index contributed by atoms with van der Waals surface area (Å²) < 4.78 is 1.85. The number of hydrogen-bond donors (Lipinski definition) is 0. The highest BCUT2D eigenvalue weighted by Crippen LogP contribution is 2.32. The van der Waals surface area contributed by atoms with Crippen molar-refractivity contribution < 1.29 is 14.4 Å². The average Bonchev–Trinajstić information content (AvgIpc) is 3.27. The third kappa shape index (κ3) is 4.82. The molecule has 5 rings (SSSR count). The summed E-state index contributed by atoms with van der Waals surface area (Å²) in [4.78, 5) is 42.3. The van der Waals surface area contributed by atoms with Gasteiger partial charge in [0, 0.05) is 45.4 Å². The predicted octanol–water partition coefficient (Wildman–Crippen LogP) is 4.35. The Morgan fingerprint density at radius 3 is 2.62 bits per heavy atom. The molecule has 2 amide bonds. The van der Waals surface area contributed by atoms with Crippen LogP contribution in [0.5, 0.6) is 0 Å². The second kappa shape index (κ2) is 9.96. The number of amides is 2. The maximum Gasteiger partial charge on any atom is 0.320 e. The van der Waals surface area contributed by atoms with Crippen LogP contribution < -0.4 is 0 Å². The third-order valence-corrected chi connectivity index (χ3v) is 8.00. The number of ketones is 2. The van der Waals surface area contributed by atoms with Crippen LogP contribution in [0, 0.1) is 12.8 Å². The number of rotatable bonds is 5. The molecule has 37 heavy (non-hydrogen) atoms. The van der Waals surface area contributed by atoms with E-state index >= 15 is 0 Å². The molecule has 7 heteroatoms. The minimum absolute atomic E-state index is 0.0358. The fourth-order valence-electron chi connectivity index (χ4n) is 5.97. The number of aryl methyl sites for hydroxylation is 2. The molecule has 1 fully saturated rings. The Labute approximate surface area is 217 Å². The molecule has 1 aliphatic heterocycles. The molecule has 1 aromatic heterocycles. The van der Waals surface area contributed by atoms with E-state index in [0.717, 1.165) is 51.6 Å². The number of urea groups is 1. The number of carbonyl (C=O) groups excluding carboxylic acids is 3. The monoisotopic (exact) mass is 498 g/mol. The lowest BCUT2D eigenvalue weighted by atomic mass is 9.80. The summed E-state index contributed by atoms with van der Waals surface area (Å²) >= 11 is 0. The van der Waals surface area contributed by atoms with Gasteiger partial charge < -0.3 is 9.80 Å². The fourth-order valence-corrected chi connectivity index (χ4v) is 5.97. The van der Waals surface area contributed by atoms with Crippen LogP contribution in [0.4, 0.5) is 4.79 Å². The van der Waals surface area contributed by atoms with Crippen LogP contribution in [-0.2, 0) is 29.5 Å². The Hall–Kier alpha value is -3.74. The van der Waals surface area contributed by atoms with Gasteiger partial charge in [0.1, 0.15) is 0 Å². The first-order valence-corrected chi connectivity index (χ1v) is 13.0. The van der Waals surface area contributed by atoms with E-state index in [2.05, 4.69) is 23.3 Å². The Morgan fingerprint density at radius 1 is 1.16 bits per heavy atom. The van der Waals surface area contributed by atoms with Crippen molar-refractivity contribution in [2.24, 2.45) is 13.0 Å². The number of Topliss-reactive ketones (excluding diaryl/α,β-unsaturated/α-hetero) is 2. The highest BCUT2D eigenvalue weighted by Gasteiger charge is 2.33. The van der Waals surface area contributed by atoms with E-state index in [-0.39, 0.29) is 23.5 Å². The van der Waals surface area contributed by atoms with Crippen LogP contribution in [0.3, 0.4) is 0 Å². The highest BCUT2D eigenvalue weighted by molar-refractivity contribution is 6.04. The Kier molecular flexibility index (Phi) is 6.71. The summed E-state index contributed by atoms with van der Waals surface area (Å²) in [7, 11) is 3.64. The van der Waals surface area contributed by atoms with Crippen molar-refractivity contribution in [3.05, 3.63) is 70.4 Å². The topological polar surface area (TPSA) is 75.5 Å². The molecular formula is C30H34N4O3. The number of benzene rings is 2. The molecule has 1 aliphatic carbocycles. The van der Waals surface area contributed by atoms with E-state index in [1.165, 1.54) is 0 Å². The van der Waals surface area contributed by atoms with Crippen molar-refractivity contribution in [1.82, 2.24) is 19.6 Å². The van der Waals surface area contributed by atoms with Gasteiger partial charge in [0.2, 0.25) is 0 Å². The number of hydrogen-bond acceptors (Lipinski definition) is 4. The van der Waals surface area contributed by atoms with Crippen LogP contribution in [0.1, 0.15) is 42.0 Å². The van der Waals surface area contributed by atoms with E-state index in [9.17, 15) is 14.4 Å². The quantitative estimate of drug-likeness (QED) is 0.524. The molecule has 0 radical (unpaired) electrons. The van der Waals surface area contributed by atoms with Crippen molar-refractivity contribution in [2.45, 2.75) is 45.6 Å². The molecule has 0 spiro atoms. The van der Waals surface area contributed by atoms with Gasteiger partial charge in [0.15, 0.2) is 11.6 Å². The first-order valence-electron chi connectivity index (χ1n) is 13.0. The van der Waals surface area contributed by atoms with Crippen molar-refractivity contribution in [2.75, 3.05) is 20.1 Å². The van der Waals surface area contributed by atoms with E-state index in [4.69, 9.17) is 0 Å². The van der Waals surface area contributed by atoms with Gasteiger partial charge >= 0.3 is 6.03 Å². The lowest BCUT2D eigenvalue weighted by molar-refractivity contribution is -0.121. The summed E-state index contributed by atoms with van der Waals surface area (Å²) in [6.45, 7) is 4.74. The molecule has 0 bridgehead atoms. The molecule has 0 N–H and O–H groups in total. The van der Waals surface area contributed by atoms with Gasteiger partial charge in [-0.15, -0.1) is 0 Å². The zero-order valence-electron chi connectivity index (χ0n) is 22.0. The summed E-state index contributed by atoms with van der Waals surface area (Å²) in [5, 5.41) is 5.38. The Morgan fingerprint density at radius 2 is 1.89 bits per heavy atom. The second-order valence-electron chi connectivity index (χ2n) is 10.5. The van der Waals surface area contributed by atoms with Crippen molar-refractivity contribution >= 4 is 34.6 Å². The van der Waals surface area contributed by atoms with Crippen LogP contribution >= 0.6 is 0 Å². The van der Waals surface area contributed by atoms with E-state index in [0.29, 0.717) is 25.9 Å². The van der Waals surface area contributed by atoms with Gasteiger partial charge in [-0.05, 0) is 72.6 Å². The molecule has 1 atom stereocenters. The van der Waals surface area contributed by atoms with E-state index < -0.39 is 6.04 Å². The predicted molar refractivity (Wildman–Crippen MR) is 144 cm³/mol. The number of allylic oxidation sites excluding steroid dienone is 1. The average molecular weight is 499 g/mol. The number of carbonyl (C=O) groups is 3. The van der Waals surface area contributed by atoms with Gasteiger partial charge in [0.25, 0.3) is 0 Å². The smallest absolute Gasteiger partial charge is 0.320 e. The molecule has 0 saturated carbocycles. The molecule has 1 saturated heterocycles. The number of aromatic nitrogens is 2. The highest BCUT2D eigenvalue weighted by atomic mass is 16.2. The molecular weight excluding hydrogens is 464 g/mol. The number of nitrogens with zero attached hydrogens (tertiary/aromatic N) is 4. The Balaban J connectivity index is 1.26. The minimum Gasteiger partial charge on any atom is -0.325 e. The zero-order valence-corrected chi connectivity index (χ0v) is 22.0. The van der Waals surface area contributed by atoms with Gasteiger partial charge in [-0.2, -0.15) is 5.10 Å². The largest absolute Gasteiger partial charge is 0.325 e. The lowest BCUT2D eigenvalue weighted by Crippen LogP contribution is -2.51. The molecule has 7 nitrogen and oxygen atoms in total. The first kappa shape index (κ1) is 24.9. The summed E-state index contributed by atoms with van der Waals surface area (Å²) in [6, 6.07) is 11.5. The minimum atomic E-state index is -0.544. The van der Waals surface area contributed by atoms with Crippen molar-refractivity contribution in [3.8, 4) is 0 Å². The summed E-state index contributed by atoms with van der Waals surface area (Å²) in [6.07, 6.45) is 6.29. The second-order valence-corrected chi connectivity index (χ2v) is 10.5. The van der Waals surface area contributed by atoms with Crippen LogP contribution in [0.15, 0.2) is 48.2 Å². The number of likely N-dealkylation sites (tertiary alicyclic amines) is 1. The standard InChI is InChI=1S/C30H34N4O3/c1-19-13-21(14-25-18-31-33(4)29(19)25)15-27(20(2)35)32(3)30(37)34-11-9-22(10-12-34)26-16-23-7-5-6-8-24(23)17-28(26)36/h5-8,13-14,16,18,22,27H,9-12,15,17H2,1-4H3/t27-/m1/s1. The molecule has 2 aromatic carbocycles. The molecule has 2 aliphatic rings. The van der Waals surface area contributed by atoms with Gasteiger partial charge in [-0.3, -0.25) is 14.3 Å². The zero-order chi connectivity index (χ0) is 26.3. The van der Waals surface area contributed by atoms with Gasteiger partial charge in [-0.25, -0.2) is 4.79 Å². The molecule has 3 aromatic rings. The van der Waals surface area contributed by atoms with Gasteiger partial charge in [0.05, 0.1) is 17.8 Å². The molecule has 0 unspecified atom stereocenters. The van der Waals surface area contributed by atoms with Crippen molar-refractivity contribution in [3.63, 3.8) is 0 Å². The number of likely N-dealkylation sites (N-methyl/N-ethyl adjacent to an activating group) is 1. The van der Waals surface area contributed by atoms with E-state index in [1.54, 1.807) is 18.9 Å². The number of piperidine rings is 1. The fraction of sp³-hybridized carbons (Fsp3) is 0.400. The normalized spacial score (nSPS) is 16.9. The maximum atomic E-state index is 13.4. The lowest BCUT2D eigenvalue weighted by Gasteiger charge is -2.37. The van der Waals surface area contributed by atoms with Crippen LogP contribution in [0.2, 0.25) is 0 Å². The van der Waals surface area contributed by atoms with Gasteiger partial charge in [-0.1, -0.05) is 30.3 Å². The van der Waals surface area contributed by atoms with Crippen molar-refractivity contribution in [1.29, 1.82) is 0 Å². The Bertz CT molecular complexity index is 1410. The molecule has 2 heterocycles. The van der Waals surface area contributed by atoms with Crippen LogP contribution in [-0.4, -0.2) is 63.4 Å². The SMILES string of the molecule is CC(=O)[C@@H](Cc1cc(C)c2c(cnn2C)c1)N(C)C(=O)N1CCC(C2=Cc3ccccc3CC2=O)CC1. The van der Waals surface area contributed by atoms with E-state index in [1.807, 2.05) is 54.0 Å².